The molecule has 0 amide bonds. The van der Waals surface area contributed by atoms with Crippen molar-refractivity contribution in [2.24, 2.45) is 0 Å². The van der Waals surface area contributed by atoms with Crippen molar-refractivity contribution in [2.45, 2.75) is 25.4 Å². The fourth-order valence-corrected chi connectivity index (χ4v) is 4.38. The molecule has 0 bridgehead atoms. The maximum absolute atomic E-state index is 14.9. The van der Waals surface area contributed by atoms with Crippen LogP contribution in [-0.2, 0) is 6.42 Å². The second kappa shape index (κ2) is 7.17. The highest BCUT2D eigenvalue weighted by atomic mass is 79.9. The van der Waals surface area contributed by atoms with E-state index in [1.54, 1.807) is 24.3 Å². The van der Waals surface area contributed by atoms with Gasteiger partial charge in [-0.2, -0.15) is 0 Å². The van der Waals surface area contributed by atoms with Gasteiger partial charge in [0.1, 0.15) is 23.2 Å². The Kier molecular flexibility index (Phi) is 4.83. The molecule has 1 aliphatic heterocycles. The minimum absolute atomic E-state index is 0.0778. The van der Waals surface area contributed by atoms with Gasteiger partial charge in [0, 0.05) is 16.2 Å². The number of aromatic hydroxyl groups is 1. The second-order valence-corrected chi connectivity index (χ2v) is 7.92. The number of nitrogens with zero attached hydrogens (tertiary/aromatic N) is 1. The largest absolute Gasteiger partial charge is 0.508 e. The van der Waals surface area contributed by atoms with Crippen LogP contribution in [0, 0.1) is 17.5 Å². The third kappa shape index (κ3) is 3.26. The van der Waals surface area contributed by atoms with Gasteiger partial charge in [-0.3, -0.25) is 0 Å². The molecule has 2 unspecified atom stereocenters. The highest BCUT2D eigenvalue weighted by Gasteiger charge is 2.37. The predicted octanol–water partition coefficient (Wildman–Crippen LogP) is 6.11. The maximum Gasteiger partial charge on any atom is 0.132 e. The van der Waals surface area contributed by atoms with Gasteiger partial charge in [0.05, 0.1) is 11.6 Å². The number of anilines is 1. The highest BCUT2D eigenvalue weighted by Crippen LogP contribution is 2.43. The number of halogens is 4. The molecule has 1 heterocycles. The van der Waals surface area contributed by atoms with Gasteiger partial charge in [-0.05, 0) is 73.0 Å². The van der Waals surface area contributed by atoms with Gasteiger partial charge >= 0.3 is 0 Å². The van der Waals surface area contributed by atoms with Crippen LogP contribution in [0.3, 0.4) is 0 Å². The van der Waals surface area contributed by atoms with E-state index in [-0.39, 0.29) is 23.2 Å². The van der Waals surface area contributed by atoms with E-state index in [1.165, 1.54) is 30.3 Å². The molecule has 1 aliphatic rings. The molecule has 144 valence electrons. The second-order valence-electron chi connectivity index (χ2n) is 7.01. The Bertz CT molecular complexity index is 1020. The molecule has 4 rings (SSSR count). The number of phenols is 1. The summed E-state index contributed by atoms with van der Waals surface area (Å²) in [6, 6.07) is 12.3. The zero-order chi connectivity index (χ0) is 20.0. The summed E-state index contributed by atoms with van der Waals surface area (Å²) in [6.45, 7) is 1.94. The van der Waals surface area contributed by atoms with Crippen molar-refractivity contribution >= 4 is 21.6 Å². The predicted molar refractivity (Wildman–Crippen MR) is 106 cm³/mol. The van der Waals surface area contributed by atoms with Crippen molar-refractivity contribution in [1.29, 1.82) is 0 Å². The minimum Gasteiger partial charge on any atom is -0.508 e. The number of benzene rings is 3. The van der Waals surface area contributed by atoms with Gasteiger partial charge in [-0.1, -0.05) is 22.0 Å². The van der Waals surface area contributed by atoms with Crippen molar-refractivity contribution in [3.8, 4) is 5.75 Å². The normalized spacial score (nSPS) is 18.8. The van der Waals surface area contributed by atoms with Gasteiger partial charge in [0.25, 0.3) is 0 Å². The molecular formula is C22H17BrF3NO. The Morgan fingerprint density at radius 3 is 2.25 bits per heavy atom. The quantitative estimate of drug-likeness (QED) is 0.511. The van der Waals surface area contributed by atoms with E-state index in [9.17, 15) is 18.3 Å². The Balaban J connectivity index is 1.97. The number of hydrogen-bond donors (Lipinski definition) is 1. The lowest BCUT2D eigenvalue weighted by atomic mass is 9.84. The summed E-state index contributed by atoms with van der Waals surface area (Å²) in [5.74, 6) is -1.61. The van der Waals surface area contributed by atoms with Gasteiger partial charge in [-0.25, -0.2) is 13.2 Å². The molecule has 0 spiro atoms. The van der Waals surface area contributed by atoms with Crippen LogP contribution in [0.4, 0.5) is 18.9 Å². The molecule has 1 N–H and O–H groups in total. The van der Waals surface area contributed by atoms with Crippen molar-refractivity contribution in [1.82, 2.24) is 0 Å². The monoisotopic (exact) mass is 447 g/mol. The van der Waals surface area contributed by atoms with E-state index < -0.39 is 17.7 Å². The van der Waals surface area contributed by atoms with E-state index >= 15 is 0 Å². The molecular weight excluding hydrogens is 431 g/mol. The third-order valence-electron chi connectivity index (χ3n) is 5.13. The maximum atomic E-state index is 14.9. The number of phenolic OH excluding ortho intramolecular Hbond substituents is 1. The molecule has 3 aromatic rings. The summed E-state index contributed by atoms with van der Waals surface area (Å²) in [5.41, 5.74) is 2.13. The minimum atomic E-state index is -0.752. The van der Waals surface area contributed by atoms with Crippen LogP contribution < -0.4 is 4.90 Å². The summed E-state index contributed by atoms with van der Waals surface area (Å²) in [5, 5.41) is 9.88. The Morgan fingerprint density at radius 2 is 1.61 bits per heavy atom. The van der Waals surface area contributed by atoms with Crippen molar-refractivity contribution in [3.63, 3.8) is 0 Å². The van der Waals surface area contributed by atoms with E-state index in [0.717, 1.165) is 5.56 Å². The average Bonchev–Trinajstić information content (AvgIpc) is 2.61. The molecule has 0 radical (unpaired) electrons. The molecule has 2 nitrogen and oxygen atoms in total. The lowest BCUT2D eigenvalue weighted by Crippen LogP contribution is -2.43. The molecule has 0 aliphatic carbocycles. The fraction of sp³-hybridized carbons (Fsp3) is 0.182. The van der Waals surface area contributed by atoms with E-state index in [4.69, 9.17) is 0 Å². The van der Waals surface area contributed by atoms with Gasteiger partial charge in [0.15, 0.2) is 0 Å². The Morgan fingerprint density at radius 1 is 0.964 bits per heavy atom. The number of rotatable bonds is 2. The zero-order valence-electron chi connectivity index (χ0n) is 15.0. The van der Waals surface area contributed by atoms with E-state index in [0.29, 0.717) is 22.1 Å². The molecule has 6 heteroatoms. The summed E-state index contributed by atoms with van der Waals surface area (Å²) in [7, 11) is 0. The fourth-order valence-electron chi connectivity index (χ4n) is 3.98. The van der Waals surface area contributed by atoms with Crippen LogP contribution in [-0.4, -0.2) is 11.1 Å². The van der Waals surface area contributed by atoms with Crippen molar-refractivity contribution < 1.29 is 18.3 Å². The van der Waals surface area contributed by atoms with Crippen molar-refractivity contribution in [3.05, 3.63) is 93.2 Å². The molecule has 28 heavy (non-hydrogen) atoms. The van der Waals surface area contributed by atoms with Crippen LogP contribution in [0.5, 0.6) is 5.75 Å². The van der Waals surface area contributed by atoms with Crippen LogP contribution in [0.2, 0.25) is 0 Å². The third-order valence-corrected chi connectivity index (χ3v) is 5.59. The first-order valence-electron chi connectivity index (χ1n) is 8.85. The average molecular weight is 448 g/mol. The van der Waals surface area contributed by atoms with Gasteiger partial charge < -0.3 is 10.0 Å². The summed E-state index contributed by atoms with van der Waals surface area (Å²) < 4.78 is 43.7. The first-order valence-corrected chi connectivity index (χ1v) is 9.64. The zero-order valence-corrected chi connectivity index (χ0v) is 16.6. The Hall–Kier alpha value is -2.47. The number of fused-ring (bicyclic) bond motifs is 1. The molecule has 0 saturated heterocycles. The summed E-state index contributed by atoms with van der Waals surface area (Å²) >= 11 is 3.12. The lowest BCUT2D eigenvalue weighted by molar-refractivity contribution is 0.466. The molecule has 0 fully saturated rings. The first-order chi connectivity index (χ1) is 13.3. The van der Waals surface area contributed by atoms with Crippen LogP contribution >= 0.6 is 15.9 Å². The van der Waals surface area contributed by atoms with Gasteiger partial charge in [-0.15, -0.1) is 0 Å². The van der Waals surface area contributed by atoms with Crippen molar-refractivity contribution in [2.75, 3.05) is 4.90 Å². The van der Waals surface area contributed by atoms with Crippen LogP contribution in [0.15, 0.2) is 59.1 Å². The number of hydrogen-bond acceptors (Lipinski definition) is 2. The van der Waals surface area contributed by atoms with Gasteiger partial charge in [0.2, 0.25) is 0 Å². The molecule has 0 aromatic heterocycles. The van der Waals surface area contributed by atoms with E-state index in [2.05, 4.69) is 15.9 Å². The molecule has 2 atom stereocenters. The lowest BCUT2D eigenvalue weighted by Gasteiger charge is -2.44. The molecule has 3 aromatic carbocycles. The highest BCUT2D eigenvalue weighted by molar-refractivity contribution is 9.10. The molecule has 0 saturated carbocycles. The topological polar surface area (TPSA) is 23.5 Å². The first kappa shape index (κ1) is 18.9. The summed E-state index contributed by atoms with van der Waals surface area (Å²) in [4.78, 5) is 1.90. The van der Waals surface area contributed by atoms with E-state index in [1.807, 2.05) is 11.8 Å². The van der Waals surface area contributed by atoms with Crippen LogP contribution in [0.25, 0.3) is 0 Å². The summed E-state index contributed by atoms with van der Waals surface area (Å²) in [6.07, 6.45) is 0.581. The standard InChI is InChI=1S/C22H17BrF3NO/c1-12-8-13-9-17(28)6-7-18(13)22(21-19(25)10-14(23)11-20(21)26)27(12)16-4-2-15(24)3-5-16/h2-7,9-12,22,28H,8H2,1H3. The van der Waals surface area contributed by atoms with Crippen LogP contribution in [0.1, 0.15) is 29.7 Å². The SMILES string of the molecule is CC1Cc2cc(O)ccc2C(c2c(F)cc(Br)cc2F)N1c1ccc(F)cc1. The Labute approximate surface area is 169 Å². The smallest absolute Gasteiger partial charge is 0.132 e.